The highest BCUT2D eigenvalue weighted by Gasteiger charge is 2.24. The number of nitrogens with zero attached hydrogens (tertiary/aromatic N) is 1. The van der Waals surface area contributed by atoms with Crippen molar-refractivity contribution in [3.05, 3.63) is 35.6 Å². The molecule has 4 heteroatoms. The third-order valence-corrected chi connectivity index (χ3v) is 4.14. The van der Waals surface area contributed by atoms with E-state index in [0.29, 0.717) is 12.1 Å². The first-order valence-electron chi connectivity index (χ1n) is 7.94. The van der Waals surface area contributed by atoms with Gasteiger partial charge >= 0.3 is 0 Å². The Kier molecular flexibility index (Phi) is 6.15. The number of benzene rings is 1. The van der Waals surface area contributed by atoms with E-state index in [4.69, 9.17) is 4.74 Å². The highest BCUT2D eigenvalue weighted by molar-refractivity contribution is 5.20. The maximum Gasteiger partial charge on any atom is 0.123 e. The molecular formula is C17H27FN2O. The molecular weight excluding hydrogens is 267 g/mol. The second-order valence-corrected chi connectivity index (χ2v) is 5.94. The molecule has 1 aromatic carbocycles. The molecule has 0 saturated carbocycles. The fraction of sp³-hybridized carbons (Fsp3) is 0.647. The molecule has 3 atom stereocenters. The lowest BCUT2D eigenvalue weighted by Crippen LogP contribution is -2.48. The van der Waals surface area contributed by atoms with Crippen molar-refractivity contribution in [1.82, 2.24) is 10.2 Å². The third-order valence-electron chi connectivity index (χ3n) is 4.14. The number of halogens is 1. The Balaban J connectivity index is 1.96. The minimum absolute atomic E-state index is 0.163. The second kappa shape index (κ2) is 7.87. The van der Waals surface area contributed by atoms with Crippen LogP contribution in [0.15, 0.2) is 24.3 Å². The van der Waals surface area contributed by atoms with Crippen LogP contribution in [-0.2, 0) is 4.74 Å². The Morgan fingerprint density at radius 2 is 2.24 bits per heavy atom. The fourth-order valence-electron chi connectivity index (χ4n) is 2.93. The molecule has 3 nitrogen and oxygen atoms in total. The highest BCUT2D eigenvalue weighted by Crippen LogP contribution is 2.20. The average Bonchev–Trinajstić information content (AvgIpc) is 2.46. The maximum absolute atomic E-state index is 13.4. The normalized spacial score (nSPS) is 25.0. The van der Waals surface area contributed by atoms with Crippen molar-refractivity contribution in [3.63, 3.8) is 0 Å². The van der Waals surface area contributed by atoms with Crippen molar-refractivity contribution >= 4 is 0 Å². The van der Waals surface area contributed by atoms with Gasteiger partial charge in [0.2, 0.25) is 0 Å². The van der Waals surface area contributed by atoms with Crippen LogP contribution < -0.4 is 5.32 Å². The van der Waals surface area contributed by atoms with Gasteiger partial charge in [0.15, 0.2) is 0 Å². The number of rotatable bonds is 6. The van der Waals surface area contributed by atoms with Crippen LogP contribution in [0.3, 0.4) is 0 Å². The Bertz CT molecular complexity index is 441. The van der Waals surface area contributed by atoms with E-state index in [1.54, 1.807) is 12.1 Å². The Morgan fingerprint density at radius 3 is 2.95 bits per heavy atom. The minimum atomic E-state index is -0.163. The second-order valence-electron chi connectivity index (χ2n) is 5.94. The van der Waals surface area contributed by atoms with E-state index in [1.807, 2.05) is 6.07 Å². The lowest BCUT2D eigenvalue weighted by atomic mass is 10.0. The standard InChI is InChI=1S/C17H27FN2O/c1-4-19-17(15-6-5-7-16(18)10-15)8-9-20-11-14(3)21-12-13(20)2/h5-7,10,13-14,17,19H,4,8-9,11-12H2,1-3H3. The molecule has 118 valence electrons. The van der Waals surface area contributed by atoms with Gasteiger partial charge in [-0.2, -0.15) is 0 Å². The molecule has 0 aliphatic carbocycles. The first-order chi connectivity index (χ1) is 10.1. The van der Waals surface area contributed by atoms with Gasteiger partial charge in [0, 0.05) is 25.2 Å². The molecule has 1 aliphatic rings. The van der Waals surface area contributed by atoms with Crippen molar-refractivity contribution < 1.29 is 9.13 Å². The zero-order valence-corrected chi connectivity index (χ0v) is 13.3. The molecule has 0 radical (unpaired) electrons. The highest BCUT2D eigenvalue weighted by atomic mass is 19.1. The smallest absolute Gasteiger partial charge is 0.123 e. The molecule has 1 aliphatic heterocycles. The molecule has 21 heavy (non-hydrogen) atoms. The van der Waals surface area contributed by atoms with Crippen molar-refractivity contribution in [2.75, 3.05) is 26.2 Å². The zero-order chi connectivity index (χ0) is 15.2. The van der Waals surface area contributed by atoms with E-state index < -0.39 is 0 Å². The maximum atomic E-state index is 13.4. The number of ether oxygens (including phenoxy) is 1. The van der Waals surface area contributed by atoms with Gasteiger partial charge in [-0.25, -0.2) is 4.39 Å². The van der Waals surface area contributed by atoms with E-state index in [2.05, 4.69) is 31.0 Å². The summed E-state index contributed by atoms with van der Waals surface area (Å²) < 4.78 is 19.1. The molecule has 0 aromatic heterocycles. The fourth-order valence-corrected chi connectivity index (χ4v) is 2.93. The van der Waals surface area contributed by atoms with Crippen molar-refractivity contribution in [1.29, 1.82) is 0 Å². The van der Waals surface area contributed by atoms with E-state index in [0.717, 1.165) is 38.2 Å². The van der Waals surface area contributed by atoms with Crippen LogP contribution in [0, 0.1) is 5.82 Å². The molecule has 1 heterocycles. The summed E-state index contributed by atoms with van der Waals surface area (Å²) in [4.78, 5) is 2.47. The Morgan fingerprint density at radius 1 is 1.43 bits per heavy atom. The zero-order valence-electron chi connectivity index (χ0n) is 13.3. The molecule has 0 bridgehead atoms. The number of nitrogens with one attached hydrogen (secondary N) is 1. The van der Waals surface area contributed by atoms with Crippen molar-refractivity contribution in [2.45, 2.75) is 45.4 Å². The SMILES string of the molecule is CCNC(CCN1CC(C)OCC1C)c1cccc(F)c1. The van der Waals surface area contributed by atoms with Gasteiger partial charge in [-0.05, 0) is 44.5 Å². The van der Waals surface area contributed by atoms with E-state index >= 15 is 0 Å². The predicted molar refractivity (Wildman–Crippen MR) is 83.9 cm³/mol. The first kappa shape index (κ1) is 16.4. The molecule has 1 saturated heterocycles. The molecule has 0 spiro atoms. The Labute approximate surface area is 127 Å². The van der Waals surface area contributed by atoms with Gasteiger partial charge in [0.05, 0.1) is 12.7 Å². The summed E-state index contributed by atoms with van der Waals surface area (Å²) in [5, 5.41) is 3.47. The van der Waals surface area contributed by atoms with E-state index in [1.165, 1.54) is 6.07 Å². The minimum Gasteiger partial charge on any atom is -0.376 e. The summed E-state index contributed by atoms with van der Waals surface area (Å²) in [6.45, 7) is 10.1. The number of morpholine rings is 1. The Hall–Kier alpha value is -0.970. The van der Waals surface area contributed by atoms with Gasteiger partial charge in [-0.15, -0.1) is 0 Å². The van der Waals surface area contributed by atoms with Gasteiger partial charge in [-0.1, -0.05) is 19.1 Å². The van der Waals surface area contributed by atoms with Crippen LogP contribution in [0.25, 0.3) is 0 Å². The topological polar surface area (TPSA) is 24.5 Å². The summed E-state index contributed by atoms with van der Waals surface area (Å²) in [6.07, 6.45) is 1.28. The molecule has 3 unspecified atom stereocenters. The first-order valence-corrected chi connectivity index (χ1v) is 7.94. The van der Waals surface area contributed by atoms with Crippen LogP contribution in [0.5, 0.6) is 0 Å². The summed E-state index contributed by atoms with van der Waals surface area (Å²) in [5.41, 5.74) is 1.03. The number of hydrogen-bond donors (Lipinski definition) is 1. The van der Waals surface area contributed by atoms with Crippen LogP contribution >= 0.6 is 0 Å². The third kappa shape index (κ3) is 4.77. The van der Waals surface area contributed by atoms with Gasteiger partial charge < -0.3 is 10.1 Å². The monoisotopic (exact) mass is 294 g/mol. The van der Waals surface area contributed by atoms with Gasteiger partial charge in [0.1, 0.15) is 5.82 Å². The van der Waals surface area contributed by atoms with Crippen LogP contribution in [-0.4, -0.2) is 43.3 Å². The largest absolute Gasteiger partial charge is 0.376 e. The lowest BCUT2D eigenvalue weighted by Gasteiger charge is -2.37. The summed E-state index contributed by atoms with van der Waals surface area (Å²) >= 11 is 0. The average molecular weight is 294 g/mol. The van der Waals surface area contributed by atoms with Crippen LogP contribution in [0.4, 0.5) is 4.39 Å². The van der Waals surface area contributed by atoms with Crippen LogP contribution in [0.2, 0.25) is 0 Å². The van der Waals surface area contributed by atoms with Crippen LogP contribution in [0.1, 0.15) is 38.8 Å². The lowest BCUT2D eigenvalue weighted by molar-refractivity contribution is -0.0502. The molecule has 1 N–H and O–H groups in total. The molecule has 1 aromatic rings. The molecule has 1 fully saturated rings. The number of hydrogen-bond acceptors (Lipinski definition) is 3. The molecule has 0 amide bonds. The summed E-state index contributed by atoms with van der Waals surface area (Å²) in [7, 11) is 0. The van der Waals surface area contributed by atoms with Crippen molar-refractivity contribution in [2.24, 2.45) is 0 Å². The molecule has 2 rings (SSSR count). The summed E-state index contributed by atoms with van der Waals surface area (Å²) in [6, 6.07) is 7.58. The van der Waals surface area contributed by atoms with E-state index in [-0.39, 0.29) is 11.9 Å². The van der Waals surface area contributed by atoms with Gasteiger partial charge in [-0.3, -0.25) is 4.90 Å². The van der Waals surface area contributed by atoms with Gasteiger partial charge in [0.25, 0.3) is 0 Å². The quantitative estimate of drug-likeness (QED) is 0.873. The van der Waals surface area contributed by atoms with E-state index in [9.17, 15) is 4.39 Å². The summed E-state index contributed by atoms with van der Waals surface area (Å²) in [5.74, 6) is -0.163. The predicted octanol–water partition coefficient (Wildman–Crippen LogP) is 2.98. The van der Waals surface area contributed by atoms with Crippen molar-refractivity contribution in [3.8, 4) is 0 Å².